The summed E-state index contributed by atoms with van der Waals surface area (Å²) in [5.74, 6) is -0.275. The van der Waals surface area contributed by atoms with Gasteiger partial charge < -0.3 is 20.6 Å². The molecule has 0 aliphatic rings. The van der Waals surface area contributed by atoms with E-state index >= 15 is 0 Å². The van der Waals surface area contributed by atoms with Gasteiger partial charge in [0.2, 0.25) is 5.91 Å². The molecule has 0 aromatic rings. The minimum Gasteiger partial charge on any atom is -0.394 e. The molecule has 57 heavy (non-hydrogen) atoms. The zero-order chi connectivity index (χ0) is 41.5. The van der Waals surface area contributed by atoms with Gasteiger partial charge in [-0.1, -0.05) is 284 Å². The number of aliphatic hydroxyl groups excluding tert-OH is 3. The third kappa shape index (κ3) is 44.7. The first-order valence-corrected chi connectivity index (χ1v) is 26.3. The zero-order valence-electron chi connectivity index (χ0n) is 39.0. The monoisotopic (exact) mass is 808 g/mol. The van der Waals surface area contributed by atoms with Crippen molar-refractivity contribution in [1.29, 1.82) is 0 Å². The fraction of sp³-hybridized carbons (Fsp3) is 0.981. The first kappa shape index (κ1) is 56.4. The normalized spacial score (nSPS) is 13.3. The van der Waals surface area contributed by atoms with E-state index in [0.29, 0.717) is 12.8 Å². The van der Waals surface area contributed by atoms with Crippen molar-refractivity contribution >= 4 is 5.91 Å². The molecule has 5 nitrogen and oxygen atoms in total. The second-order valence-corrected chi connectivity index (χ2v) is 18.5. The summed E-state index contributed by atoms with van der Waals surface area (Å²) in [5, 5.41) is 33.6. The van der Waals surface area contributed by atoms with E-state index in [1.165, 1.54) is 244 Å². The summed E-state index contributed by atoms with van der Waals surface area (Å²) in [6, 6.07) is -0.653. The number of unbranched alkanes of at least 4 members (excludes halogenated alkanes) is 40. The predicted molar refractivity (Wildman–Crippen MR) is 250 cm³/mol. The molecule has 0 saturated carbocycles. The molecule has 4 N–H and O–H groups in total. The van der Waals surface area contributed by atoms with Gasteiger partial charge in [0.05, 0.1) is 31.3 Å². The lowest BCUT2D eigenvalue weighted by atomic mass is 10.0. The second-order valence-electron chi connectivity index (χ2n) is 18.5. The van der Waals surface area contributed by atoms with Gasteiger partial charge in [0.1, 0.15) is 0 Å². The molecule has 5 heteroatoms. The maximum atomic E-state index is 12.5. The van der Waals surface area contributed by atoms with Crippen LogP contribution in [0.2, 0.25) is 0 Å². The number of nitrogens with one attached hydrogen (secondary N) is 1. The summed E-state index contributed by atoms with van der Waals surface area (Å²) >= 11 is 0. The highest BCUT2D eigenvalue weighted by Gasteiger charge is 2.21. The third-order valence-electron chi connectivity index (χ3n) is 12.7. The van der Waals surface area contributed by atoms with Crippen LogP contribution in [0.4, 0.5) is 0 Å². The lowest BCUT2D eigenvalue weighted by Gasteiger charge is -2.23. The number of amides is 1. The van der Waals surface area contributed by atoms with Gasteiger partial charge in [-0.15, -0.1) is 0 Å². The topological polar surface area (TPSA) is 89.8 Å². The van der Waals surface area contributed by atoms with Crippen molar-refractivity contribution in [3.05, 3.63) is 0 Å². The molecule has 0 fully saturated rings. The Kier molecular flexibility index (Phi) is 47.5. The highest BCUT2D eigenvalue weighted by atomic mass is 16.3. The predicted octanol–water partition coefficient (Wildman–Crippen LogP) is 15.8. The van der Waals surface area contributed by atoms with Crippen molar-refractivity contribution in [3.63, 3.8) is 0 Å². The van der Waals surface area contributed by atoms with Gasteiger partial charge >= 0.3 is 0 Å². The van der Waals surface area contributed by atoms with Crippen LogP contribution in [0.25, 0.3) is 0 Å². The highest BCUT2D eigenvalue weighted by Crippen LogP contribution is 2.18. The standard InChI is InChI=1S/C52H105NO4/c1-3-5-7-9-11-13-15-17-19-21-23-24-25-26-28-29-31-33-35-37-39-41-43-45-49(55)47-52(57)53-50(48-54)51(56)46-44-42-40-38-36-34-32-30-27-22-20-18-16-14-12-10-8-6-4-2/h49-51,54-56H,3-48H2,1-2H3,(H,53,57). The SMILES string of the molecule is CCCCCCCCCCCCCCCCCCCCCCCCCC(O)CC(=O)NC(CO)C(O)CCCCCCCCCCCCCCCCCCCCC. The van der Waals surface area contributed by atoms with Crippen LogP contribution in [0.1, 0.15) is 303 Å². The van der Waals surface area contributed by atoms with Crippen molar-refractivity contribution in [2.75, 3.05) is 6.61 Å². The van der Waals surface area contributed by atoms with E-state index < -0.39 is 18.2 Å². The van der Waals surface area contributed by atoms with Crippen LogP contribution >= 0.6 is 0 Å². The van der Waals surface area contributed by atoms with E-state index in [1.807, 2.05) is 0 Å². The van der Waals surface area contributed by atoms with Gasteiger partial charge in [-0.2, -0.15) is 0 Å². The summed E-state index contributed by atoms with van der Waals surface area (Å²) in [6.45, 7) is 4.30. The average Bonchev–Trinajstić information content (AvgIpc) is 3.20. The number of aliphatic hydroxyl groups is 3. The van der Waals surface area contributed by atoms with Gasteiger partial charge in [0.15, 0.2) is 0 Å². The van der Waals surface area contributed by atoms with E-state index in [0.717, 1.165) is 25.7 Å². The molecule has 0 heterocycles. The van der Waals surface area contributed by atoms with Gasteiger partial charge in [-0.05, 0) is 12.8 Å². The minimum absolute atomic E-state index is 0.0434. The number of carbonyl (C=O) groups is 1. The maximum Gasteiger partial charge on any atom is 0.222 e. The zero-order valence-corrected chi connectivity index (χ0v) is 39.0. The lowest BCUT2D eigenvalue weighted by Crippen LogP contribution is -2.46. The Hall–Kier alpha value is -0.650. The molecule has 3 unspecified atom stereocenters. The molecule has 1 amide bonds. The first-order chi connectivity index (χ1) is 28.0. The largest absolute Gasteiger partial charge is 0.394 e. The number of rotatable bonds is 49. The van der Waals surface area contributed by atoms with E-state index in [2.05, 4.69) is 19.2 Å². The molecule has 0 aromatic carbocycles. The maximum absolute atomic E-state index is 12.5. The Morgan fingerprint density at radius 3 is 0.842 bits per heavy atom. The highest BCUT2D eigenvalue weighted by molar-refractivity contribution is 5.76. The molecule has 0 aliphatic heterocycles. The lowest BCUT2D eigenvalue weighted by molar-refractivity contribution is -0.125. The summed E-state index contributed by atoms with van der Waals surface area (Å²) in [7, 11) is 0. The Balaban J connectivity index is 3.51. The smallest absolute Gasteiger partial charge is 0.222 e. The van der Waals surface area contributed by atoms with E-state index in [9.17, 15) is 20.1 Å². The fourth-order valence-electron chi connectivity index (χ4n) is 8.64. The van der Waals surface area contributed by atoms with Gasteiger partial charge in [-0.25, -0.2) is 0 Å². The average molecular weight is 808 g/mol. The van der Waals surface area contributed by atoms with Gasteiger partial charge in [0, 0.05) is 0 Å². The molecule has 0 rings (SSSR count). The van der Waals surface area contributed by atoms with Crippen molar-refractivity contribution < 1.29 is 20.1 Å². The van der Waals surface area contributed by atoms with Crippen LogP contribution in [0.15, 0.2) is 0 Å². The molecular formula is C52H105NO4. The molecular weight excluding hydrogens is 703 g/mol. The number of hydrogen-bond acceptors (Lipinski definition) is 4. The number of hydrogen-bond donors (Lipinski definition) is 4. The van der Waals surface area contributed by atoms with Crippen LogP contribution in [0.3, 0.4) is 0 Å². The summed E-state index contributed by atoms with van der Waals surface area (Å²) in [4.78, 5) is 12.5. The molecule has 0 radical (unpaired) electrons. The molecule has 3 atom stereocenters. The minimum atomic E-state index is -0.744. The van der Waals surface area contributed by atoms with E-state index in [4.69, 9.17) is 0 Å². The fourth-order valence-corrected chi connectivity index (χ4v) is 8.64. The van der Waals surface area contributed by atoms with E-state index in [1.54, 1.807) is 0 Å². The summed E-state index contributed by atoms with van der Waals surface area (Å²) in [6.07, 6.45) is 56.7. The van der Waals surface area contributed by atoms with Crippen molar-refractivity contribution in [1.82, 2.24) is 5.32 Å². The Labute approximate surface area is 357 Å². The van der Waals surface area contributed by atoms with Crippen molar-refractivity contribution in [3.8, 4) is 0 Å². The van der Waals surface area contributed by atoms with Crippen molar-refractivity contribution in [2.24, 2.45) is 0 Å². The molecule has 0 saturated heterocycles. The van der Waals surface area contributed by atoms with Crippen LogP contribution in [-0.2, 0) is 4.79 Å². The van der Waals surface area contributed by atoms with E-state index in [-0.39, 0.29) is 18.9 Å². The summed E-state index contributed by atoms with van der Waals surface area (Å²) < 4.78 is 0. The number of carbonyl (C=O) groups excluding carboxylic acids is 1. The van der Waals surface area contributed by atoms with Crippen LogP contribution < -0.4 is 5.32 Å². The second kappa shape index (κ2) is 48.0. The van der Waals surface area contributed by atoms with Crippen LogP contribution in [0.5, 0.6) is 0 Å². The Morgan fingerprint density at radius 1 is 0.368 bits per heavy atom. The van der Waals surface area contributed by atoms with Crippen LogP contribution in [0, 0.1) is 0 Å². The van der Waals surface area contributed by atoms with Crippen molar-refractivity contribution in [2.45, 2.75) is 321 Å². The summed E-state index contributed by atoms with van der Waals surface area (Å²) in [5.41, 5.74) is 0. The van der Waals surface area contributed by atoms with Gasteiger partial charge in [-0.3, -0.25) is 4.79 Å². The molecule has 0 aliphatic carbocycles. The molecule has 0 spiro atoms. The first-order valence-electron chi connectivity index (χ1n) is 26.3. The third-order valence-corrected chi connectivity index (χ3v) is 12.7. The molecule has 0 bridgehead atoms. The molecule has 342 valence electrons. The Bertz CT molecular complexity index is 762. The quantitative estimate of drug-likeness (QED) is 0.0461. The Morgan fingerprint density at radius 2 is 0.596 bits per heavy atom. The van der Waals surface area contributed by atoms with Gasteiger partial charge in [0.25, 0.3) is 0 Å². The molecule has 0 aromatic heterocycles. The van der Waals surface area contributed by atoms with Crippen LogP contribution in [-0.4, -0.2) is 46.1 Å².